The van der Waals surface area contributed by atoms with E-state index in [1.807, 2.05) is 36.1 Å². The molecule has 2 aliphatic rings. The highest BCUT2D eigenvalue weighted by Crippen LogP contribution is 2.37. The van der Waals surface area contributed by atoms with Crippen molar-refractivity contribution in [2.45, 2.75) is 38.8 Å². The van der Waals surface area contributed by atoms with Crippen LogP contribution in [0.3, 0.4) is 0 Å². The molecular weight excluding hydrogens is 638 g/mol. The number of amides is 1. The second-order valence-corrected chi connectivity index (χ2v) is 12.5. The van der Waals surface area contributed by atoms with Gasteiger partial charge in [-0.2, -0.15) is 0 Å². The summed E-state index contributed by atoms with van der Waals surface area (Å²) in [5, 5.41) is 11.1. The van der Waals surface area contributed by atoms with E-state index < -0.39 is 6.04 Å². The van der Waals surface area contributed by atoms with Gasteiger partial charge in [0.2, 0.25) is 5.91 Å². The summed E-state index contributed by atoms with van der Waals surface area (Å²) >= 11 is 12.8. The molecule has 244 valence electrons. The number of phenols is 1. The molecule has 1 atom stereocenters. The molecule has 0 aromatic heterocycles. The lowest BCUT2D eigenvalue weighted by Gasteiger charge is -2.39. The third-order valence-electron chi connectivity index (χ3n) is 8.90. The summed E-state index contributed by atoms with van der Waals surface area (Å²) < 4.78 is 20.2. The van der Waals surface area contributed by atoms with Gasteiger partial charge in [-0.25, -0.2) is 4.39 Å². The molecule has 0 unspecified atom stereocenters. The monoisotopic (exact) mass is 678 g/mol. The van der Waals surface area contributed by atoms with Crippen LogP contribution in [0.4, 0.5) is 4.39 Å². The fraction of sp³-hybridized carbons (Fsp3) is 0.441. The van der Waals surface area contributed by atoms with E-state index >= 15 is 0 Å². The molecule has 0 spiro atoms. The van der Waals surface area contributed by atoms with E-state index in [1.165, 1.54) is 6.07 Å². The van der Waals surface area contributed by atoms with E-state index in [4.69, 9.17) is 33.7 Å². The second-order valence-electron chi connectivity index (χ2n) is 11.6. The maximum absolute atomic E-state index is 14.5. The van der Waals surface area contributed by atoms with Crippen molar-refractivity contribution in [3.05, 3.63) is 81.6 Å². The van der Waals surface area contributed by atoms with Gasteiger partial charge in [-0.3, -0.25) is 9.69 Å². The number of piperidine rings is 1. The van der Waals surface area contributed by atoms with Crippen LogP contribution >= 0.6 is 35.6 Å². The van der Waals surface area contributed by atoms with Gasteiger partial charge in [-0.05, 0) is 86.7 Å². The van der Waals surface area contributed by atoms with Crippen LogP contribution in [-0.4, -0.2) is 84.2 Å². The molecule has 0 saturated carbocycles. The first kappa shape index (κ1) is 35.3. The van der Waals surface area contributed by atoms with E-state index in [0.29, 0.717) is 60.7 Å². The van der Waals surface area contributed by atoms with Crippen molar-refractivity contribution in [1.82, 2.24) is 14.7 Å². The smallest absolute Gasteiger partial charge is 0.239 e. The Bertz CT molecular complexity index is 1450. The largest absolute Gasteiger partial charge is 0.506 e. The number of hydrogen-bond donors (Lipinski definition) is 2. The Morgan fingerprint density at radius 3 is 2.42 bits per heavy atom. The zero-order chi connectivity index (χ0) is 31.2. The van der Waals surface area contributed by atoms with Crippen LogP contribution in [0, 0.1) is 11.7 Å². The van der Waals surface area contributed by atoms with Crippen molar-refractivity contribution < 1.29 is 19.0 Å². The first-order valence-corrected chi connectivity index (χ1v) is 16.2. The minimum atomic E-state index is -0.521. The number of aromatic hydroxyl groups is 1. The molecule has 3 aromatic rings. The van der Waals surface area contributed by atoms with Crippen LogP contribution < -0.4 is 10.5 Å². The molecule has 3 aromatic carbocycles. The van der Waals surface area contributed by atoms with Crippen molar-refractivity contribution in [2.75, 3.05) is 52.4 Å². The summed E-state index contributed by atoms with van der Waals surface area (Å²) in [6, 6.07) is 15.4. The molecule has 1 amide bonds. The quantitative estimate of drug-likeness (QED) is 0.264. The van der Waals surface area contributed by atoms with Gasteiger partial charge in [0.1, 0.15) is 17.3 Å². The van der Waals surface area contributed by atoms with Crippen LogP contribution in [0.15, 0.2) is 54.6 Å². The summed E-state index contributed by atoms with van der Waals surface area (Å²) in [7, 11) is 0. The molecule has 0 radical (unpaired) electrons. The summed E-state index contributed by atoms with van der Waals surface area (Å²) in [6.07, 6.45) is 2.50. The third kappa shape index (κ3) is 8.61. The Labute approximate surface area is 281 Å². The topological polar surface area (TPSA) is 82.3 Å². The van der Waals surface area contributed by atoms with Gasteiger partial charge >= 0.3 is 0 Å². The van der Waals surface area contributed by atoms with Crippen molar-refractivity contribution in [3.8, 4) is 22.6 Å². The molecule has 2 heterocycles. The highest BCUT2D eigenvalue weighted by molar-refractivity contribution is 6.35. The zero-order valence-corrected chi connectivity index (χ0v) is 27.9. The molecule has 5 rings (SSSR count). The predicted octanol–water partition coefficient (Wildman–Crippen LogP) is 6.25. The summed E-state index contributed by atoms with van der Waals surface area (Å²) in [6.45, 7) is 7.88. The minimum absolute atomic E-state index is 0. The number of ether oxygens (including phenoxy) is 1. The minimum Gasteiger partial charge on any atom is -0.506 e. The third-order valence-corrected chi connectivity index (χ3v) is 9.53. The number of likely N-dealkylation sites (tertiary alicyclic amines) is 1. The lowest BCUT2D eigenvalue weighted by molar-refractivity contribution is -0.136. The van der Waals surface area contributed by atoms with Gasteiger partial charge in [-0.1, -0.05) is 47.5 Å². The van der Waals surface area contributed by atoms with Crippen LogP contribution in [0.5, 0.6) is 11.5 Å². The Hall–Kier alpha value is -2.59. The van der Waals surface area contributed by atoms with E-state index in [9.17, 15) is 14.3 Å². The molecule has 11 heteroatoms. The lowest BCUT2D eigenvalue weighted by atomic mass is 9.88. The second kappa shape index (κ2) is 16.3. The van der Waals surface area contributed by atoms with Gasteiger partial charge in [0, 0.05) is 55.4 Å². The Balaban J connectivity index is 0.00000461. The predicted molar refractivity (Wildman–Crippen MR) is 181 cm³/mol. The van der Waals surface area contributed by atoms with Gasteiger partial charge in [0.05, 0.1) is 17.7 Å². The molecule has 0 bridgehead atoms. The van der Waals surface area contributed by atoms with E-state index in [2.05, 4.69) is 9.80 Å². The first-order chi connectivity index (χ1) is 21.2. The Morgan fingerprint density at radius 1 is 1.00 bits per heavy atom. The van der Waals surface area contributed by atoms with Crippen LogP contribution in [-0.2, 0) is 17.8 Å². The van der Waals surface area contributed by atoms with Crippen molar-refractivity contribution in [1.29, 1.82) is 0 Å². The van der Waals surface area contributed by atoms with Crippen LogP contribution in [0.2, 0.25) is 10.0 Å². The average molecular weight is 680 g/mol. The molecule has 45 heavy (non-hydrogen) atoms. The number of nitrogens with two attached hydrogens (primary N) is 1. The number of rotatable bonds is 10. The van der Waals surface area contributed by atoms with E-state index in [1.54, 1.807) is 24.3 Å². The van der Waals surface area contributed by atoms with Gasteiger partial charge < -0.3 is 25.4 Å². The summed E-state index contributed by atoms with van der Waals surface area (Å²) in [4.78, 5) is 19.8. The molecule has 7 nitrogen and oxygen atoms in total. The Kier molecular flexibility index (Phi) is 12.8. The number of hydrogen-bond acceptors (Lipinski definition) is 6. The van der Waals surface area contributed by atoms with E-state index in [-0.39, 0.29) is 35.8 Å². The fourth-order valence-corrected chi connectivity index (χ4v) is 6.74. The molecule has 0 aliphatic carbocycles. The number of piperazine rings is 1. The number of phenolic OH excluding ortho intramolecular Hbond substituents is 1. The number of carbonyl (C=O) groups is 1. The number of benzene rings is 3. The van der Waals surface area contributed by atoms with Crippen LogP contribution in [0.25, 0.3) is 11.1 Å². The number of halogens is 4. The highest BCUT2D eigenvalue weighted by atomic mass is 35.5. The molecule has 3 N–H and O–H groups in total. The fourth-order valence-electron chi connectivity index (χ4n) is 6.32. The maximum Gasteiger partial charge on any atom is 0.239 e. The summed E-state index contributed by atoms with van der Waals surface area (Å²) in [5.74, 6) is 0.510. The Morgan fingerprint density at radius 2 is 1.71 bits per heavy atom. The SMILES string of the molecule is CCOc1cccc(F)c1CN1CCN(C(=O)[C@H](N)C2CCN(CCc3cc(Cl)ccc3-c3cccc(O)c3Cl)CC2)CC1.Cl. The molecule has 2 saturated heterocycles. The normalized spacial score (nSPS) is 17.1. The molecule has 2 fully saturated rings. The molecular formula is C34H42Cl3FN4O3. The van der Waals surface area contributed by atoms with Gasteiger partial charge in [0.25, 0.3) is 0 Å². The standard InChI is InChI=1S/C34H41Cl2FN4O3.ClH/c1-2-44-31-8-4-6-29(37)28(31)22-40-17-19-41(20-18-40)34(43)33(38)23-11-14-39(15-12-23)16-13-24-21-25(35)9-10-26(24)27-5-3-7-30(42)32(27)36;/h3-10,21,23,33,42H,2,11-20,22,38H2,1H3;1H/t33-;/m1./s1. The lowest BCUT2D eigenvalue weighted by Crippen LogP contribution is -2.55. The average Bonchev–Trinajstić information content (AvgIpc) is 3.03. The number of carbonyl (C=O) groups excluding carboxylic acids is 1. The first-order valence-electron chi connectivity index (χ1n) is 15.4. The van der Waals surface area contributed by atoms with Gasteiger partial charge in [0.15, 0.2) is 0 Å². The van der Waals surface area contributed by atoms with Gasteiger partial charge in [-0.15, -0.1) is 12.4 Å². The number of nitrogens with zero attached hydrogens (tertiary/aromatic N) is 3. The van der Waals surface area contributed by atoms with Crippen molar-refractivity contribution in [2.24, 2.45) is 11.7 Å². The van der Waals surface area contributed by atoms with E-state index in [0.717, 1.165) is 55.6 Å². The highest BCUT2D eigenvalue weighted by Gasteiger charge is 2.33. The summed E-state index contributed by atoms with van der Waals surface area (Å²) in [5.41, 5.74) is 9.93. The zero-order valence-electron chi connectivity index (χ0n) is 25.6. The van der Waals surface area contributed by atoms with Crippen molar-refractivity contribution in [3.63, 3.8) is 0 Å². The van der Waals surface area contributed by atoms with Crippen LogP contribution in [0.1, 0.15) is 30.9 Å². The molecule has 2 aliphatic heterocycles. The van der Waals surface area contributed by atoms with Crippen molar-refractivity contribution >= 4 is 41.5 Å². The maximum atomic E-state index is 14.5.